The Kier molecular flexibility index (Phi) is 17.3. The Morgan fingerprint density at radius 2 is 0.331 bits per heavy atom. The molecule has 0 N–H and O–H groups in total. The maximum absolute atomic E-state index is 2.50. The minimum Gasteiger partial charge on any atom is -0.309 e. The second kappa shape index (κ2) is 30.9. The Bertz CT molecular complexity index is 10500. The zero-order valence-electron chi connectivity index (χ0n) is 75.4. The summed E-state index contributed by atoms with van der Waals surface area (Å²) in [6.45, 7) is 0. The Balaban J connectivity index is 0.000000100. The van der Waals surface area contributed by atoms with Crippen molar-refractivity contribution in [1.29, 1.82) is 0 Å². The van der Waals surface area contributed by atoms with Gasteiger partial charge >= 0.3 is 0 Å². The Morgan fingerprint density at radius 3 is 0.727 bits per heavy atom. The molecule has 31 rings (SSSR count). The van der Waals surface area contributed by atoms with E-state index in [-0.39, 0.29) is 0 Å². The molecule has 648 valence electrons. The Hall–Kier alpha value is -18.7. The minimum atomic E-state index is 1.16. The summed E-state index contributed by atoms with van der Waals surface area (Å²) in [7, 11) is 0. The van der Waals surface area contributed by atoms with E-state index in [2.05, 4.69) is 545 Å². The van der Waals surface area contributed by atoms with Gasteiger partial charge in [0.25, 0.3) is 0 Å². The average Bonchev–Trinajstić information content (AvgIpc) is 1.55. The number of hydrogen-bond acceptors (Lipinski definition) is 0. The first-order chi connectivity index (χ1) is 69.0. The quantitative estimate of drug-likeness (QED) is 0.138. The zero-order chi connectivity index (χ0) is 91.0. The first-order valence-electron chi connectivity index (χ1n) is 47.8. The van der Waals surface area contributed by atoms with Crippen molar-refractivity contribution in [1.82, 2.24) is 41.1 Å². The van der Waals surface area contributed by atoms with Crippen molar-refractivity contribution in [3.63, 3.8) is 0 Å². The summed E-state index contributed by atoms with van der Waals surface area (Å²) in [6, 6.07) is 183. The summed E-state index contributed by atoms with van der Waals surface area (Å²) < 4.78 is 21.9. The van der Waals surface area contributed by atoms with E-state index in [4.69, 9.17) is 0 Å². The van der Waals surface area contributed by atoms with Gasteiger partial charge < -0.3 is 41.1 Å². The van der Waals surface area contributed by atoms with Gasteiger partial charge in [-0.05, 0) is 211 Å². The van der Waals surface area contributed by atoms with Crippen LogP contribution in [-0.2, 0) is 0 Å². The fourth-order valence-corrected chi connectivity index (χ4v) is 23.4. The van der Waals surface area contributed by atoms with E-state index in [0.29, 0.717) is 0 Å². The van der Waals surface area contributed by atoms with E-state index in [1.54, 1.807) is 0 Å². The zero-order valence-corrected chi connectivity index (χ0v) is 75.4. The monoisotopic (exact) mass is 1770 g/mol. The number of hydrogen-bond donors (Lipinski definition) is 0. The highest BCUT2D eigenvalue weighted by Crippen LogP contribution is 2.49. The summed E-state index contributed by atoms with van der Waals surface area (Å²) in [6.07, 6.45) is 0. The lowest BCUT2D eigenvalue weighted by molar-refractivity contribution is 1.13. The molecule has 0 amide bonds. The summed E-state index contributed by atoms with van der Waals surface area (Å²) in [5, 5.41) is 25.0. The molecule has 0 aliphatic heterocycles. The molecule has 0 aliphatic carbocycles. The third-order valence-corrected chi connectivity index (χ3v) is 29.2. The van der Waals surface area contributed by atoms with Crippen LogP contribution < -0.4 is 0 Å². The van der Waals surface area contributed by atoms with Crippen molar-refractivity contribution in [3.8, 4) is 51.2 Å². The highest BCUT2D eigenvalue weighted by molar-refractivity contribution is 6.25. The first kappa shape index (κ1) is 77.9. The number of para-hydroxylation sites is 15. The highest BCUT2D eigenvalue weighted by Gasteiger charge is 2.28. The number of fused-ring (bicyclic) bond motifs is 28. The maximum Gasteiger partial charge on any atom is 0.0782 e. The molecule has 0 aliphatic rings. The third-order valence-electron chi connectivity index (χ3n) is 29.2. The van der Waals surface area contributed by atoms with Gasteiger partial charge in [-0.25, -0.2) is 0 Å². The predicted octanol–water partition coefficient (Wildman–Crippen LogP) is 34.1. The van der Waals surface area contributed by atoms with Crippen LogP contribution in [0.2, 0.25) is 0 Å². The fraction of sp³-hybridized carbons (Fsp3) is 0. The predicted molar refractivity (Wildman–Crippen MR) is 586 cm³/mol. The molecule has 139 heavy (non-hydrogen) atoms. The van der Waals surface area contributed by atoms with E-state index in [1.165, 1.54) is 247 Å². The lowest BCUT2D eigenvalue weighted by Gasteiger charge is -2.14. The summed E-state index contributed by atoms with van der Waals surface area (Å²) in [5.74, 6) is 0. The van der Waals surface area contributed by atoms with Crippen LogP contribution in [0.15, 0.2) is 504 Å². The molecular formula is C130H83N9. The molecule has 9 heteroatoms. The van der Waals surface area contributed by atoms with Gasteiger partial charge in [-0.3, -0.25) is 0 Å². The molecular weight excluding hydrogens is 1690 g/mol. The molecule has 0 spiro atoms. The van der Waals surface area contributed by atoms with Crippen LogP contribution in [-0.4, -0.2) is 41.1 Å². The van der Waals surface area contributed by atoms with Crippen LogP contribution in [0.25, 0.3) is 258 Å². The second-order valence-corrected chi connectivity index (χ2v) is 36.6. The van der Waals surface area contributed by atoms with Crippen LogP contribution in [0, 0.1) is 0 Å². The molecule has 0 saturated heterocycles. The smallest absolute Gasteiger partial charge is 0.0782 e. The van der Waals surface area contributed by atoms with Gasteiger partial charge in [-0.1, -0.05) is 303 Å². The van der Waals surface area contributed by atoms with Gasteiger partial charge in [0, 0.05) is 137 Å². The second-order valence-electron chi connectivity index (χ2n) is 36.6. The number of nitrogens with zero attached hydrogens (tertiary/aromatic N) is 9. The van der Waals surface area contributed by atoms with Gasteiger partial charge in [-0.2, -0.15) is 0 Å². The number of aromatic nitrogens is 9. The van der Waals surface area contributed by atoms with E-state index in [1.807, 2.05) is 0 Å². The normalized spacial score (nSPS) is 12.0. The number of rotatable bonds is 9. The summed E-state index contributed by atoms with van der Waals surface area (Å²) in [4.78, 5) is 0. The van der Waals surface area contributed by atoms with Crippen molar-refractivity contribution in [2.45, 2.75) is 0 Å². The van der Waals surface area contributed by atoms with Crippen molar-refractivity contribution >= 4 is 207 Å². The molecule has 0 fully saturated rings. The summed E-state index contributed by atoms with van der Waals surface area (Å²) >= 11 is 0. The van der Waals surface area contributed by atoms with Gasteiger partial charge in [0.2, 0.25) is 0 Å². The molecule has 22 aromatic carbocycles. The molecule has 0 unspecified atom stereocenters. The molecule has 0 saturated carbocycles. The molecule has 9 nitrogen and oxygen atoms in total. The molecule has 31 aromatic rings. The molecule has 9 aromatic heterocycles. The van der Waals surface area contributed by atoms with Crippen molar-refractivity contribution in [2.24, 2.45) is 0 Å². The standard InChI is InChI=1S/C46H29N3.2C42H27N3/c1-2-15-32(16-3-1)47-39-20-9-6-17-34(39)37-29-45-38(28-44(37)47)35-18-7-10-21-40(35)49(45)43-24-12-23-42-46(43)36-19-8-11-22-41(36)48(42)33-26-25-30-13-4-5-14-31(30)27-33;1-3-14-28(15-4-1)43-36-22-10-8-19-31(36)34-27-41-35(26-40(34)43)32-20-9-12-24-38(32)45(41)39-25-13-21-33-30-18-7-11-23-37(30)44(42(33)39)29-16-5-2-6-17-29;1-3-13-28(14-4-1)43-37-20-10-7-17-31(37)34-25-30(23-24-40(34)43)45-39-22-12-9-19-33(39)36-26-41-35(27-42(36)45)32-18-8-11-21-38(32)44(41)29-15-5-2-6-16-29/h1-29H;2*1-27H. The molecule has 0 radical (unpaired) electrons. The highest BCUT2D eigenvalue weighted by atomic mass is 15.1. The van der Waals surface area contributed by atoms with Crippen molar-refractivity contribution in [3.05, 3.63) is 504 Å². The van der Waals surface area contributed by atoms with Crippen LogP contribution in [0.1, 0.15) is 0 Å². The first-order valence-corrected chi connectivity index (χ1v) is 47.8. The largest absolute Gasteiger partial charge is 0.309 e. The van der Waals surface area contributed by atoms with E-state index in [9.17, 15) is 0 Å². The Morgan fingerprint density at radius 1 is 0.101 bits per heavy atom. The van der Waals surface area contributed by atoms with Crippen molar-refractivity contribution < 1.29 is 0 Å². The van der Waals surface area contributed by atoms with Crippen LogP contribution in [0.4, 0.5) is 0 Å². The van der Waals surface area contributed by atoms with E-state index < -0.39 is 0 Å². The van der Waals surface area contributed by atoms with Crippen molar-refractivity contribution in [2.75, 3.05) is 0 Å². The molecule has 0 atom stereocenters. The van der Waals surface area contributed by atoms with Crippen LogP contribution in [0.5, 0.6) is 0 Å². The van der Waals surface area contributed by atoms with Gasteiger partial charge in [0.15, 0.2) is 0 Å². The van der Waals surface area contributed by atoms with E-state index >= 15 is 0 Å². The third kappa shape index (κ3) is 11.8. The minimum absolute atomic E-state index is 1.16. The fourth-order valence-electron chi connectivity index (χ4n) is 23.4. The van der Waals surface area contributed by atoms with Crippen LogP contribution in [0.3, 0.4) is 0 Å². The summed E-state index contributed by atoms with van der Waals surface area (Å²) in [5.41, 5.74) is 32.3. The van der Waals surface area contributed by atoms with E-state index in [0.717, 1.165) is 11.4 Å². The van der Waals surface area contributed by atoms with Gasteiger partial charge in [0.05, 0.1) is 111 Å². The molecule has 0 bridgehead atoms. The Labute approximate surface area is 797 Å². The average molecular weight is 1770 g/mol. The van der Waals surface area contributed by atoms with Gasteiger partial charge in [-0.15, -0.1) is 0 Å². The topological polar surface area (TPSA) is 44.4 Å². The maximum atomic E-state index is 2.50. The lowest BCUT2D eigenvalue weighted by Crippen LogP contribution is -2.00. The SMILES string of the molecule is c1ccc(-n2c3ccccc3c3cc(-n4c5ccccc5c5cc6c(cc54)c4ccccc4n6-c4ccccc4)ccc32)cc1.c1ccc(-n2c3ccccc3c3cc4c(cc32)c2ccccc2n4-c2cccc3c2c2ccccc2n3-c2ccc3ccccc3c2)cc1.c1ccc(-n2c3ccccc3c3cc4c(cc32)c2ccccc2n4-c2cccc3c4ccccc4n(-c4ccccc4)c23)cc1. The lowest BCUT2D eigenvalue weighted by atomic mass is 10.1. The van der Waals surface area contributed by atoms with Gasteiger partial charge in [0.1, 0.15) is 0 Å². The number of benzene rings is 22. The van der Waals surface area contributed by atoms with Crippen LogP contribution >= 0.6 is 0 Å². The molecule has 9 heterocycles.